The summed E-state index contributed by atoms with van der Waals surface area (Å²) < 4.78 is 23.8. The molecule has 2 amide bonds. The first kappa shape index (κ1) is 84.2. The predicted molar refractivity (Wildman–Crippen MR) is 315 cm³/mol. The summed E-state index contributed by atoms with van der Waals surface area (Å²) in [7, 11) is 0. The summed E-state index contributed by atoms with van der Waals surface area (Å²) in [5.41, 5.74) is -0.0188. The number of ether oxygens (including phenoxy) is 4. The number of ketones is 1. The smallest absolute Gasteiger partial charge is 0.317 e. The second-order valence-electron chi connectivity index (χ2n) is 22.7. The summed E-state index contributed by atoms with van der Waals surface area (Å²) in [6.07, 6.45) is -15.4. The van der Waals surface area contributed by atoms with Crippen molar-refractivity contribution in [2.45, 2.75) is 80.0 Å². The summed E-state index contributed by atoms with van der Waals surface area (Å²) >= 11 is 0. The van der Waals surface area contributed by atoms with Crippen molar-refractivity contribution in [2.75, 3.05) is 171 Å². The Bertz CT molecular complexity index is 2460. The molecule has 0 aliphatic carbocycles. The molecule has 14 atom stereocenters. The van der Waals surface area contributed by atoms with Crippen LogP contribution < -0.4 is 16.0 Å². The molecule has 2 fully saturated rings. The average molecular weight is 1380 g/mol. The van der Waals surface area contributed by atoms with Gasteiger partial charge in [-0.3, -0.25) is 82.1 Å². The van der Waals surface area contributed by atoms with Gasteiger partial charge >= 0.3 is 47.8 Å². The fourth-order valence-electron chi connectivity index (χ4n) is 10.5. The van der Waals surface area contributed by atoms with Crippen molar-refractivity contribution in [1.82, 2.24) is 45.3 Å². The van der Waals surface area contributed by atoms with E-state index in [9.17, 15) is 140 Å². The van der Waals surface area contributed by atoms with Gasteiger partial charge in [-0.25, -0.2) is 0 Å². The van der Waals surface area contributed by atoms with Crippen LogP contribution in [-0.4, -0.2) is 425 Å². The molecule has 2 saturated heterocycles. The largest absolute Gasteiger partial charge is 0.480 e. The van der Waals surface area contributed by atoms with Crippen molar-refractivity contribution in [3.8, 4) is 0 Å². The Balaban J connectivity index is 2.52. The molecule has 0 aromatic carbocycles. The van der Waals surface area contributed by atoms with Gasteiger partial charge in [0.15, 0.2) is 0 Å². The number of carboxylic acid groups (broad SMARTS) is 8. The maximum atomic E-state index is 14.0. The van der Waals surface area contributed by atoms with Crippen LogP contribution in [0.5, 0.6) is 0 Å². The number of rotatable bonds is 52. The highest BCUT2D eigenvalue weighted by atomic mass is 16.6. The molecule has 0 spiro atoms. The van der Waals surface area contributed by atoms with Gasteiger partial charge in [-0.2, -0.15) is 0 Å². The molecular weight excluding hydrogens is 1290 g/mol. The summed E-state index contributed by atoms with van der Waals surface area (Å²) in [6, 6.07) is -4.75. The lowest BCUT2D eigenvalue weighted by molar-refractivity contribution is -0.217. The number of aliphatic hydroxyl groups excluding tert-OH is 9. The molecule has 544 valence electrons. The Kier molecular flexibility index (Phi) is 38.4. The molecule has 0 aromatic heterocycles. The van der Waals surface area contributed by atoms with Crippen molar-refractivity contribution in [1.29, 1.82) is 0 Å². The van der Waals surface area contributed by atoms with Crippen LogP contribution >= 0.6 is 0 Å². The minimum atomic E-state index is -1.94. The quantitative estimate of drug-likeness (QED) is 0.0269. The maximum Gasteiger partial charge on any atom is 0.317 e. The van der Waals surface area contributed by atoms with Gasteiger partial charge in [0.05, 0.1) is 167 Å². The molecule has 2 aliphatic heterocycles. The van der Waals surface area contributed by atoms with Gasteiger partial charge in [0, 0.05) is 63.3 Å². The van der Waals surface area contributed by atoms with E-state index in [1.165, 1.54) is 16.7 Å². The highest BCUT2D eigenvalue weighted by Gasteiger charge is 2.48. The Morgan fingerprint density at radius 3 is 1.15 bits per heavy atom. The number of carboxylic acids is 8. The molecular formula is C54H91N9O32. The van der Waals surface area contributed by atoms with Crippen molar-refractivity contribution in [3.05, 3.63) is 12.3 Å². The van der Waals surface area contributed by atoms with Crippen LogP contribution in [0, 0.1) is 11.8 Å². The van der Waals surface area contributed by atoms with Crippen molar-refractivity contribution in [3.63, 3.8) is 0 Å². The molecule has 0 aromatic rings. The minimum absolute atomic E-state index is 0.0188. The third kappa shape index (κ3) is 32.2. The molecule has 2 aliphatic rings. The van der Waals surface area contributed by atoms with Gasteiger partial charge in [-0.05, 0) is 6.92 Å². The fraction of sp³-hybridized carbons (Fsp3) is 0.759. The van der Waals surface area contributed by atoms with Crippen LogP contribution in [0.2, 0.25) is 0 Å². The van der Waals surface area contributed by atoms with E-state index in [4.69, 9.17) is 18.9 Å². The van der Waals surface area contributed by atoms with Gasteiger partial charge in [-0.15, -0.1) is 0 Å². The summed E-state index contributed by atoms with van der Waals surface area (Å²) in [6.45, 7) is -11.4. The van der Waals surface area contributed by atoms with E-state index in [1.54, 1.807) is 0 Å². The third-order valence-electron chi connectivity index (χ3n) is 14.9. The number of Topliss-reactive ketones (excluding diaryl/α,β-unsaturated/α-hetero) is 1. The van der Waals surface area contributed by atoms with Crippen LogP contribution in [0.3, 0.4) is 0 Å². The van der Waals surface area contributed by atoms with Gasteiger partial charge in [0.25, 0.3) is 0 Å². The van der Waals surface area contributed by atoms with Gasteiger partial charge in [0.1, 0.15) is 36.3 Å². The highest BCUT2D eigenvalue weighted by molar-refractivity contribution is 5.81. The molecule has 41 heteroatoms. The monoisotopic (exact) mass is 1380 g/mol. The Hall–Kier alpha value is -6.85. The van der Waals surface area contributed by atoms with Crippen molar-refractivity contribution in [2.24, 2.45) is 11.8 Å². The van der Waals surface area contributed by atoms with Crippen LogP contribution in [0.1, 0.15) is 6.92 Å². The molecule has 2 heterocycles. The average Bonchev–Trinajstić information content (AvgIpc) is 0.817. The Labute approximate surface area is 542 Å². The lowest BCUT2D eigenvalue weighted by Crippen LogP contribution is -2.66. The number of carbonyl (C=O) groups is 11. The molecule has 95 heavy (non-hydrogen) atoms. The molecule has 0 saturated carbocycles. The number of nitrogens with one attached hydrogen (secondary N) is 3. The summed E-state index contributed by atoms with van der Waals surface area (Å²) in [4.78, 5) is 138. The van der Waals surface area contributed by atoms with Gasteiger partial charge in [-0.1, -0.05) is 6.58 Å². The van der Waals surface area contributed by atoms with E-state index in [0.29, 0.717) is 0 Å². The first-order valence-corrected chi connectivity index (χ1v) is 29.5. The lowest BCUT2D eigenvalue weighted by atomic mass is 9.85. The summed E-state index contributed by atoms with van der Waals surface area (Å²) in [5.74, 6) is -16.6. The van der Waals surface area contributed by atoms with Crippen LogP contribution in [-0.2, 0) is 71.7 Å². The van der Waals surface area contributed by atoms with Crippen molar-refractivity contribution >= 4 is 65.4 Å². The third-order valence-corrected chi connectivity index (χ3v) is 14.9. The molecule has 2 unspecified atom stereocenters. The van der Waals surface area contributed by atoms with Crippen LogP contribution in [0.25, 0.3) is 0 Å². The van der Waals surface area contributed by atoms with Crippen molar-refractivity contribution < 1.29 is 158 Å². The number of hydrogen-bond donors (Lipinski definition) is 20. The Morgan fingerprint density at radius 2 is 0.789 bits per heavy atom. The molecule has 41 nitrogen and oxygen atoms in total. The highest BCUT2D eigenvalue weighted by Crippen LogP contribution is 2.29. The summed E-state index contributed by atoms with van der Waals surface area (Å²) in [5, 5.41) is 181. The number of amides is 2. The number of hydrogen-bond acceptors (Lipinski definition) is 31. The fourth-order valence-corrected chi connectivity index (χ4v) is 10.5. The van der Waals surface area contributed by atoms with Gasteiger partial charge in [0.2, 0.25) is 11.8 Å². The number of carbonyl (C=O) groups excluding carboxylic acids is 3. The lowest BCUT2D eigenvalue weighted by Gasteiger charge is -2.45. The molecule has 20 N–H and O–H groups in total. The van der Waals surface area contributed by atoms with Gasteiger partial charge < -0.3 is 122 Å². The standard InChI is InChI=1S/C54H91N9O32/c1-29(9-58(13-41(72)73)3-4-59(10-30(2)68)14-42(74)75)55-33(21-64)51(88)31(34(69)22-65)25-92-27-37-49(56-39(70)11-60(15-43(76)77)5-7-62(17-45(80)81)18-46(82)83)52(89)32(35(23-66)94-37)26-93-28-38-50(54(91)53(90)36(24-67)95-38)57-40(71)12-61(16-44(78)79)6-8-63(19-47(84)85)20-48(86)87/h31-38,49-55,64-67,69,88-91H,1,3-28H2,2H3,(H,56,70)(H,57,71)(H,72,73)(H,74,75)(H,76,77)(H,78,79)(H,80,81)(H,82,83)(H,84,85)(H,86,87)/t31?,32?,33-,34+,35+,36+,37-,38-,49-,50-,51-,52-,53+,54+/m0/s1. The second kappa shape index (κ2) is 43.4. The van der Waals surface area contributed by atoms with E-state index >= 15 is 0 Å². The van der Waals surface area contributed by atoms with E-state index in [-0.39, 0.29) is 50.7 Å². The first-order chi connectivity index (χ1) is 44.6. The minimum Gasteiger partial charge on any atom is -0.480 e. The Morgan fingerprint density at radius 1 is 0.442 bits per heavy atom. The zero-order chi connectivity index (χ0) is 71.8. The molecule has 0 radical (unpaired) electrons. The number of aliphatic carboxylic acids is 8. The first-order valence-electron chi connectivity index (χ1n) is 29.5. The van der Waals surface area contributed by atoms with Crippen LogP contribution in [0.4, 0.5) is 0 Å². The molecule has 0 bridgehead atoms. The number of nitrogens with zero attached hydrogens (tertiary/aromatic N) is 6. The van der Waals surface area contributed by atoms with E-state index in [0.717, 1.165) is 19.6 Å². The van der Waals surface area contributed by atoms with E-state index in [1.807, 2.05) is 0 Å². The zero-order valence-corrected chi connectivity index (χ0v) is 52.1. The molecule has 2 rings (SSSR count). The van der Waals surface area contributed by atoms with E-state index < -0.39 is 276 Å². The van der Waals surface area contributed by atoms with E-state index in [2.05, 4.69) is 22.5 Å². The van der Waals surface area contributed by atoms with Crippen LogP contribution in [0.15, 0.2) is 12.3 Å². The topological polar surface area (TPSA) is 624 Å². The second-order valence-corrected chi connectivity index (χ2v) is 22.7. The predicted octanol–water partition coefficient (Wildman–Crippen LogP) is -11.9. The SMILES string of the molecule is C=C(CN(CCN(CC(C)=O)CC(=O)O)CC(=O)O)N[C@@H](CO)[C@@H](O)C(COC[C@@H]1O[C@H](CO)C(COC[C@@H]2O[C@H](CO)[C@@H](O)[C@H](O)[C@H]2NC(=O)CN(CCN(CC(=O)O)CC(=O)O)CC(=O)O)[C@H](O)[C@H]1NC(=O)CN(CCN(CC(=O)O)CC(=O)O)CC(=O)O)[C@H](O)CO. The maximum absolute atomic E-state index is 14.0. The normalized spacial score (nSPS) is 22.7. The zero-order valence-electron chi connectivity index (χ0n) is 52.1. The number of aliphatic hydroxyl groups is 9.